The van der Waals surface area contributed by atoms with Crippen LogP contribution in [0.15, 0.2) is 66.7 Å². The number of ether oxygens (including phenoxy) is 4. The van der Waals surface area contributed by atoms with Crippen LogP contribution in [0.5, 0.6) is 23.0 Å². The Bertz CT molecular complexity index is 1250. The molecule has 8 nitrogen and oxygen atoms in total. The molecule has 0 aliphatic carbocycles. The highest BCUT2D eigenvalue weighted by molar-refractivity contribution is 6.01. The molecule has 2 N–H and O–H groups in total. The third kappa shape index (κ3) is 7.31. The molecule has 37 heavy (non-hydrogen) atoms. The van der Waals surface area contributed by atoms with Crippen molar-refractivity contribution in [1.82, 2.24) is 0 Å². The van der Waals surface area contributed by atoms with Crippen molar-refractivity contribution < 1.29 is 33.3 Å². The highest BCUT2D eigenvalue weighted by Crippen LogP contribution is 2.32. The van der Waals surface area contributed by atoms with Crippen molar-refractivity contribution in [2.24, 2.45) is 11.1 Å². The summed E-state index contributed by atoms with van der Waals surface area (Å²) in [5.74, 6) is -0.683. The van der Waals surface area contributed by atoms with Gasteiger partial charge >= 0.3 is 11.9 Å². The van der Waals surface area contributed by atoms with E-state index in [2.05, 4.69) is 0 Å². The molecule has 0 saturated heterocycles. The maximum atomic E-state index is 13.0. The minimum Gasteiger partial charge on any atom is -0.497 e. The van der Waals surface area contributed by atoms with Crippen LogP contribution >= 0.6 is 12.4 Å². The first-order valence-electron chi connectivity index (χ1n) is 11.2. The molecule has 0 heterocycles. The summed E-state index contributed by atoms with van der Waals surface area (Å²) in [7, 11) is 3.03. The summed E-state index contributed by atoms with van der Waals surface area (Å²) in [5, 5.41) is 0. The molecule has 9 heteroatoms. The summed E-state index contributed by atoms with van der Waals surface area (Å²) in [4.78, 5) is 38.6. The van der Waals surface area contributed by atoms with Gasteiger partial charge in [-0.2, -0.15) is 0 Å². The fraction of sp³-hybridized carbons (Fsp3) is 0.250. The number of rotatable bonds is 8. The van der Waals surface area contributed by atoms with E-state index in [4.69, 9.17) is 24.7 Å². The zero-order valence-electron chi connectivity index (χ0n) is 21.3. The Morgan fingerprint density at radius 1 is 0.676 bits per heavy atom. The molecular weight excluding hydrogens is 498 g/mol. The summed E-state index contributed by atoms with van der Waals surface area (Å²) in [6, 6.07) is 16.1. The molecule has 0 spiro atoms. The zero-order chi connectivity index (χ0) is 26.5. The molecule has 196 valence electrons. The molecule has 0 aliphatic heterocycles. The first-order chi connectivity index (χ1) is 17.0. The lowest BCUT2D eigenvalue weighted by atomic mass is 9.83. The van der Waals surface area contributed by atoms with E-state index in [0.29, 0.717) is 11.5 Å². The first kappa shape index (κ1) is 29.4. The average Bonchev–Trinajstić information content (AvgIpc) is 2.88. The fourth-order valence-electron chi connectivity index (χ4n) is 3.17. The maximum absolute atomic E-state index is 13.0. The number of halogens is 1. The Hall–Kier alpha value is -3.88. The van der Waals surface area contributed by atoms with Gasteiger partial charge in [0.05, 0.1) is 31.4 Å². The molecule has 0 amide bonds. The van der Waals surface area contributed by atoms with Crippen LogP contribution in [0.1, 0.15) is 51.8 Å². The van der Waals surface area contributed by atoms with Crippen LogP contribution in [0.25, 0.3) is 0 Å². The van der Waals surface area contributed by atoms with Gasteiger partial charge in [0.1, 0.15) is 11.5 Å². The van der Waals surface area contributed by atoms with Crippen molar-refractivity contribution in [2.45, 2.75) is 26.8 Å². The molecule has 0 aromatic heterocycles. The number of hydrogen-bond acceptors (Lipinski definition) is 8. The quantitative estimate of drug-likeness (QED) is 0.244. The second kappa shape index (κ2) is 12.4. The van der Waals surface area contributed by atoms with Crippen molar-refractivity contribution in [2.75, 3.05) is 14.2 Å². The highest BCUT2D eigenvalue weighted by atomic mass is 35.5. The molecule has 1 unspecified atom stereocenters. The SMILES string of the molecule is COc1ccc(C(=O)Oc2ccc(C(=O)C(N)C(C)(C)C)cc2OC(=O)c2ccc(OC)cc2)cc1.Cl. The number of carbonyl (C=O) groups excluding carboxylic acids is 3. The van der Waals surface area contributed by atoms with Crippen molar-refractivity contribution in [3.05, 3.63) is 83.4 Å². The largest absolute Gasteiger partial charge is 0.497 e. The Morgan fingerprint density at radius 3 is 1.49 bits per heavy atom. The van der Waals surface area contributed by atoms with Crippen LogP contribution in [-0.2, 0) is 0 Å². The highest BCUT2D eigenvalue weighted by Gasteiger charge is 2.29. The van der Waals surface area contributed by atoms with Crippen molar-refractivity contribution in [1.29, 1.82) is 0 Å². The minimum atomic E-state index is -0.796. The van der Waals surface area contributed by atoms with Crippen LogP contribution in [0.2, 0.25) is 0 Å². The van der Waals surface area contributed by atoms with Gasteiger partial charge in [-0.15, -0.1) is 12.4 Å². The Kier molecular flexibility index (Phi) is 9.82. The third-order valence-electron chi connectivity index (χ3n) is 5.50. The molecule has 1 atom stereocenters. The molecule has 3 aromatic carbocycles. The molecule has 0 saturated carbocycles. The van der Waals surface area contributed by atoms with E-state index in [1.54, 1.807) is 36.4 Å². The van der Waals surface area contributed by atoms with Crippen molar-refractivity contribution in [3.8, 4) is 23.0 Å². The van der Waals surface area contributed by atoms with Crippen molar-refractivity contribution >= 4 is 30.1 Å². The topological polar surface area (TPSA) is 114 Å². The maximum Gasteiger partial charge on any atom is 0.343 e. The van der Waals surface area contributed by atoms with E-state index in [-0.39, 0.29) is 46.4 Å². The van der Waals surface area contributed by atoms with Crippen molar-refractivity contribution in [3.63, 3.8) is 0 Å². The van der Waals surface area contributed by atoms with Gasteiger partial charge in [-0.25, -0.2) is 9.59 Å². The van der Waals surface area contributed by atoms with Gasteiger partial charge in [0.15, 0.2) is 17.3 Å². The average molecular weight is 528 g/mol. The zero-order valence-corrected chi connectivity index (χ0v) is 22.1. The smallest absolute Gasteiger partial charge is 0.343 e. The van der Waals surface area contributed by atoms with Crippen LogP contribution < -0.4 is 24.7 Å². The van der Waals surface area contributed by atoms with E-state index in [1.165, 1.54) is 44.6 Å². The fourth-order valence-corrected chi connectivity index (χ4v) is 3.17. The molecule has 0 aliphatic rings. The number of methoxy groups -OCH3 is 2. The Morgan fingerprint density at radius 2 is 1.08 bits per heavy atom. The molecular formula is C28H30ClNO7. The van der Waals surface area contributed by atoms with Gasteiger partial charge in [-0.1, -0.05) is 20.8 Å². The van der Waals surface area contributed by atoms with Crippen LogP contribution in [-0.4, -0.2) is 38.0 Å². The lowest BCUT2D eigenvalue weighted by Gasteiger charge is -2.25. The van der Waals surface area contributed by atoms with Crippen LogP contribution in [0.4, 0.5) is 0 Å². The number of benzene rings is 3. The van der Waals surface area contributed by atoms with Gasteiger partial charge in [0, 0.05) is 5.56 Å². The number of esters is 2. The predicted molar refractivity (Wildman–Crippen MR) is 141 cm³/mol. The van der Waals surface area contributed by atoms with E-state index >= 15 is 0 Å². The van der Waals surface area contributed by atoms with Gasteiger partial charge in [-0.05, 0) is 72.1 Å². The van der Waals surface area contributed by atoms with Crippen LogP contribution in [0.3, 0.4) is 0 Å². The molecule has 0 fully saturated rings. The first-order valence-corrected chi connectivity index (χ1v) is 11.2. The number of carbonyl (C=O) groups is 3. The lowest BCUT2D eigenvalue weighted by molar-refractivity contribution is 0.0682. The number of hydrogen-bond donors (Lipinski definition) is 1. The number of Topliss-reactive ketones (excluding diaryl/α,β-unsaturated/α-hetero) is 1. The summed E-state index contributed by atoms with van der Waals surface area (Å²) in [6.07, 6.45) is 0. The van der Waals surface area contributed by atoms with Gasteiger partial charge in [0.2, 0.25) is 0 Å². The van der Waals surface area contributed by atoms with Crippen LogP contribution in [0, 0.1) is 5.41 Å². The lowest BCUT2D eigenvalue weighted by Crippen LogP contribution is -2.42. The van der Waals surface area contributed by atoms with E-state index < -0.39 is 23.4 Å². The molecule has 0 radical (unpaired) electrons. The Labute approximate surface area is 222 Å². The molecule has 0 bridgehead atoms. The summed E-state index contributed by atoms with van der Waals surface area (Å²) in [6.45, 7) is 5.56. The third-order valence-corrected chi connectivity index (χ3v) is 5.50. The minimum absolute atomic E-state index is 0. The monoisotopic (exact) mass is 527 g/mol. The van der Waals surface area contributed by atoms with Gasteiger partial charge < -0.3 is 24.7 Å². The second-order valence-corrected chi connectivity index (χ2v) is 9.11. The second-order valence-electron chi connectivity index (χ2n) is 9.11. The summed E-state index contributed by atoms with van der Waals surface area (Å²) in [5.41, 5.74) is 6.39. The van der Waals surface area contributed by atoms with Gasteiger partial charge in [0.25, 0.3) is 0 Å². The number of nitrogens with two attached hydrogens (primary N) is 1. The predicted octanol–water partition coefficient (Wildman–Crippen LogP) is 5.12. The van der Waals surface area contributed by atoms with Gasteiger partial charge in [-0.3, -0.25) is 4.79 Å². The number of ketones is 1. The standard InChI is InChI=1S/C28H29NO7.ClH/c1-28(2,3)25(29)24(30)19-10-15-22(35-26(31)17-6-11-20(33-4)12-7-17)23(16-19)36-27(32)18-8-13-21(34-5)14-9-18;/h6-16,25H,29H2,1-5H3;1H. The van der Waals surface area contributed by atoms with E-state index in [9.17, 15) is 14.4 Å². The molecule has 3 aromatic rings. The summed E-state index contributed by atoms with van der Waals surface area (Å²) >= 11 is 0. The Balaban J connectivity index is 0.00000481. The normalized spacial score (nSPS) is 11.5. The van der Waals surface area contributed by atoms with E-state index in [1.807, 2.05) is 20.8 Å². The molecule has 3 rings (SSSR count). The van der Waals surface area contributed by atoms with E-state index in [0.717, 1.165) is 0 Å². The summed E-state index contributed by atoms with van der Waals surface area (Å²) < 4.78 is 21.3.